The number of benzene rings is 2. The van der Waals surface area contributed by atoms with Crippen LogP contribution in [-0.4, -0.2) is 24.4 Å². The van der Waals surface area contributed by atoms with E-state index < -0.39 is 11.7 Å². The largest absolute Gasteiger partial charge is 0.358 e. The molecule has 5 nitrogen and oxygen atoms in total. The molecule has 6 heteroatoms. The Labute approximate surface area is 144 Å². The monoisotopic (exact) mass is 339 g/mol. The van der Waals surface area contributed by atoms with Gasteiger partial charge in [0.05, 0.1) is 17.1 Å². The van der Waals surface area contributed by atoms with Gasteiger partial charge in [0, 0.05) is 12.1 Å². The minimum Gasteiger partial charge on any atom is -0.358 e. The molecule has 2 aromatic rings. The van der Waals surface area contributed by atoms with Gasteiger partial charge in [-0.15, -0.1) is 0 Å². The molecule has 4 rings (SSSR count). The first-order valence-corrected chi connectivity index (χ1v) is 8.32. The maximum Gasteiger partial charge on any atom is 0.255 e. The van der Waals surface area contributed by atoms with Crippen molar-refractivity contribution in [3.63, 3.8) is 0 Å². The van der Waals surface area contributed by atoms with Gasteiger partial charge >= 0.3 is 0 Å². The number of rotatable bonds is 2. The number of carbonyl (C=O) groups is 2. The smallest absolute Gasteiger partial charge is 0.255 e. The van der Waals surface area contributed by atoms with Gasteiger partial charge in [-0.2, -0.15) is 0 Å². The number of carbonyl (C=O) groups excluding carboxylic acids is 2. The lowest BCUT2D eigenvalue weighted by atomic mass is 10.1. The number of hydrogen-bond acceptors (Lipinski definition) is 3. The van der Waals surface area contributed by atoms with Crippen LogP contribution in [0.1, 0.15) is 28.8 Å². The van der Waals surface area contributed by atoms with Crippen molar-refractivity contribution in [2.45, 2.75) is 25.8 Å². The fourth-order valence-electron chi connectivity index (χ4n) is 3.49. The average Bonchev–Trinajstić information content (AvgIpc) is 3.07. The van der Waals surface area contributed by atoms with Crippen LogP contribution in [0, 0.1) is 12.7 Å². The number of nitrogens with one attached hydrogen (secondary N) is 2. The third kappa shape index (κ3) is 2.73. The summed E-state index contributed by atoms with van der Waals surface area (Å²) in [6.07, 6.45) is 1.83. The summed E-state index contributed by atoms with van der Waals surface area (Å²) < 4.78 is 13.9. The van der Waals surface area contributed by atoms with Crippen molar-refractivity contribution in [2.24, 2.45) is 0 Å². The van der Waals surface area contributed by atoms with Crippen molar-refractivity contribution >= 4 is 28.9 Å². The summed E-state index contributed by atoms with van der Waals surface area (Å²) in [5.41, 5.74) is 2.85. The van der Waals surface area contributed by atoms with E-state index in [9.17, 15) is 14.0 Å². The Morgan fingerprint density at radius 1 is 1.28 bits per heavy atom. The van der Waals surface area contributed by atoms with Gasteiger partial charge in [0.2, 0.25) is 5.91 Å². The minimum atomic E-state index is -0.473. The lowest BCUT2D eigenvalue weighted by Gasteiger charge is -2.33. The van der Waals surface area contributed by atoms with Gasteiger partial charge in [-0.05, 0) is 55.7 Å². The first-order chi connectivity index (χ1) is 12.0. The molecule has 0 aromatic heterocycles. The molecule has 0 spiro atoms. The van der Waals surface area contributed by atoms with Crippen molar-refractivity contribution in [3.05, 3.63) is 53.3 Å². The highest BCUT2D eigenvalue weighted by molar-refractivity contribution is 6.09. The zero-order valence-corrected chi connectivity index (χ0v) is 13.8. The van der Waals surface area contributed by atoms with E-state index in [0.717, 1.165) is 30.6 Å². The fourth-order valence-corrected chi connectivity index (χ4v) is 3.49. The Hall–Kier alpha value is -2.89. The lowest BCUT2D eigenvalue weighted by molar-refractivity contribution is -0.117. The van der Waals surface area contributed by atoms with E-state index in [1.165, 1.54) is 12.1 Å². The van der Waals surface area contributed by atoms with Crippen LogP contribution in [-0.2, 0) is 4.79 Å². The zero-order chi connectivity index (χ0) is 17.6. The fraction of sp³-hybridized carbons (Fsp3) is 0.263. The summed E-state index contributed by atoms with van der Waals surface area (Å²) in [7, 11) is 0. The van der Waals surface area contributed by atoms with Gasteiger partial charge in [0.25, 0.3) is 5.91 Å². The van der Waals surface area contributed by atoms with E-state index in [-0.39, 0.29) is 17.6 Å². The van der Waals surface area contributed by atoms with Gasteiger partial charge in [0.15, 0.2) is 0 Å². The molecular weight excluding hydrogens is 321 g/mol. The molecule has 0 aliphatic carbocycles. The van der Waals surface area contributed by atoms with Crippen LogP contribution in [0.5, 0.6) is 0 Å². The number of nitrogens with zero attached hydrogens (tertiary/aromatic N) is 1. The molecule has 0 unspecified atom stereocenters. The van der Waals surface area contributed by atoms with E-state index in [1.54, 1.807) is 25.1 Å². The van der Waals surface area contributed by atoms with Gasteiger partial charge in [-0.1, -0.05) is 6.07 Å². The van der Waals surface area contributed by atoms with Crippen molar-refractivity contribution in [1.82, 2.24) is 0 Å². The van der Waals surface area contributed by atoms with E-state index in [4.69, 9.17) is 0 Å². The molecule has 2 amide bonds. The lowest BCUT2D eigenvalue weighted by Crippen LogP contribution is -2.43. The highest BCUT2D eigenvalue weighted by atomic mass is 19.1. The summed E-state index contributed by atoms with van der Waals surface area (Å²) in [5, 5.41) is 5.45. The molecule has 0 saturated carbocycles. The van der Waals surface area contributed by atoms with Gasteiger partial charge in [-0.25, -0.2) is 4.39 Å². The van der Waals surface area contributed by atoms with Crippen LogP contribution in [0.4, 0.5) is 21.5 Å². The van der Waals surface area contributed by atoms with Crippen molar-refractivity contribution in [3.8, 4) is 0 Å². The van der Waals surface area contributed by atoms with Crippen LogP contribution in [0.3, 0.4) is 0 Å². The summed E-state index contributed by atoms with van der Waals surface area (Å²) in [4.78, 5) is 26.7. The minimum absolute atomic E-state index is 0.0351. The second-order valence-electron chi connectivity index (χ2n) is 6.51. The third-order valence-electron chi connectivity index (χ3n) is 4.75. The van der Waals surface area contributed by atoms with Crippen molar-refractivity contribution in [2.75, 3.05) is 22.1 Å². The molecule has 128 valence electrons. The Morgan fingerprint density at radius 2 is 2.12 bits per heavy atom. The van der Waals surface area contributed by atoms with E-state index in [0.29, 0.717) is 11.3 Å². The number of hydrogen-bond donors (Lipinski definition) is 2. The molecule has 0 radical (unpaired) electrons. The van der Waals surface area contributed by atoms with Crippen LogP contribution in [0.25, 0.3) is 0 Å². The second kappa shape index (κ2) is 5.88. The first kappa shape index (κ1) is 15.6. The normalized spacial score (nSPS) is 18.4. The van der Waals surface area contributed by atoms with Crippen LogP contribution < -0.4 is 15.5 Å². The maximum absolute atomic E-state index is 13.9. The SMILES string of the molecule is Cc1ccc(NC(=O)c2ccc3c(c2)NC(=O)[C@@H]2CCCN32)c(F)c1. The Balaban J connectivity index is 1.60. The van der Waals surface area contributed by atoms with E-state index in [2.05, 4.69) is 15.5 Å². The number of aryl methyl sites for hydroxylation is 1. The number of amides is 2. The molecule has 2 aromatic carbocycles. The Bertz CT molecular complexity index is 881. The van der Waals surface area contributed by atoms with Crippen LogP contribution in [0.15, 0.2) is 36.4 Å². The zero-order valence-electron chi connectivity index (χ0n) is 13.8. The number of fused-ring (bicyclic) bond motifs is 3. The maximum atomic E-state index is 13.9. The Kier molecular flexibility index (Phi) is 3.67. The highest BCUT2D eigenvalue weighted by Crippen LogP contribution is 2.37. The molecule has 2 aliphatic rings. The van der Waals surface area contributed by atoms with E-state index >= 15 is 0 Å². The quantitative estimate of drug-likeness (QED) is 0.882. The summed E-state index contributed by atoms with van der Waals surface area (Å²) >= 11 is 0. The average molecular weight is 339 g/mol. The van der Waals surface area contributed by atoms with Crippen molar-refractivity contribution in [1.29, 1.82) is 0 Å². The summed E-state index contributed by atoms with van der Waals surface area (Å²) in [6.45, 7) is 2.62. The van der Waals surface area contributed by atoms with Crippen molar-refractivity contribution < 1.29 is 14.0 Å². The van der Waals surface area contributed by atoms with Gasteiger partial charge in [-0.3, -0.25) is 9.59 Å². The van der Waals surface area contributed by atoms with Gasteiger partial charge in [0.1, 0.15) is 11.9 Å². The molecule has 1 fully saturated rings. The summed E-state index contributed by atoms with van der Waals surface area (Å²) in [5.74, 6) is -0.921. The standard InChI is InChI=1S/C19H18FN3O2/c1-11-4-6-14(13(20)9-11)21-18(24)12-5-7-16-15(10-12)22-19(25)17-3-2-8-23(16)17/h4-7,9-10,17H,2-3,8H2,1H3,(H,21,24)(H,22,25)/t17-/m0/s1. The van der Waals surface area contributed by atoms with E-state index in [1.807, 2.05) is 6.07 Å². The highest BCUT2D eigenvalue weighted by Gasteiger charge is 2.36. The third-order valence-corrected chi connectivity index (χ3v) is 4.75. The molecule has 1 saturated heterocycles. The Morgan fingerprint density at radius 3 is 2.92 bits per heavy atom. The topological polar surface area (TPSA) is 61.4 Å². The predicted octanol–water partition coefficient (Wildman–Crippen LogP) is 3.31. The van der Waals surface area contributed by atoms with Crippen LogP contribution in [0.2, 0.25) is 0 Å². The predicted molar refractivity (Wildman–Crippen MR) is 94.5 cm³/mol. The van der Waals surface area contributed by atoms with Crippen LogP contribution >= 0.6 is 0 Å². The molecule has 25 heavy (non-hydrogen) atoms. The van der Waals surface area contributed by atoms with Gasteiger partial charge < -0.3 is 15.5 Å². The second-order valence-corrected chi connectivity index (χ2v) is 6.51. The number of halogens is 1. The molecule has 2 heterocycles. The number of anilines is 3. The first-order valence-electron chi connectivity index (χ1n) is 8.32. The molecule has 2 N–H and O–H groups in total. The molecule has 0 bridgehead atoms. The summed E-state index contributed by atoms with van der Waals surface area (Å²) in [6, 6.07) is 9.71. The molecule has 1 atom stereocenters. The molecular formula is C19H18FN3O2. The molecule has 2 aliphatic heterocycles.